The molecule has 2 aromatic rings. The van der Waals surface area contributed by atoms with Gasteiger partial charge in [0.25, 0.3) is 5.91 Å². The monoisotopic (exact) mass is 318 g/mol. The summed E-state index contributed by atoms with van der Waals surface area (Å²) in [5.41, 5.74) is 1.82. The number of hydrogen-bond acceptors (Lipinski definition) is 4. The van der Waals surface area contributed by atoms with Crippen LogP contribution in [0.25, 0.3) is 11.0 Å². The van der Waals surface area contributed by atoms with E-state index in [2.05, 4.69) is 17.0 Å². The first-order valence-electron chi connectivity index (χ1n) is 7.74. The van der Waals surface area contributed by atoms with Crippen molar-refractivity contribution < 1.29 is 14.7 Å². The molecule has 2 aromatic heterocycles. The van der Waals surface area contributed by atoms with E-state index in [-0.39, 0.29) is 18.5 Å². The Labute approximate surface area is 134 Å². The van der Waals surface area contributed by atoms with Gasteiger partial charge in [-0.05, 0) is 33.3 Å². The maximum atomic E-state index is 12.7. The summed E-state index contributed by atoms with van der Waals surface area (Å²) in [6.07, 6.45) is 2.53. The summed E-state index contributed by atoms with van der Waals surface area (Å²) in [7, 11) is 0. The number of rotatable bonds is 6. The molecule has 7 nitrogen and oxygen atoms in total. The molecule has 2 heterocycles. The van der Waals surface area contributed by atoms with Crippen LogP contribution in [0.15, 0.2) is 12.3 Å². The minimum Gasteiger partial charge on any atom is -0.480 e. The van der Waals surface area contributed by atoms with E-state index in [4.69, 9.17) is 5.11 Å². The standard InChI is InChI=1S/C16H22N4O3/c1-5-11(4)20-15-13(8-17-20)12(7-10(3)18-15)16(23)19(6-2)9-14(21)22/h7-8,11H,5-6,9H2,1-4H3,(H,21,22). The first-order chi connectivity index (χ1) is 10.9. The third-order valence-corrected chi connectivity index (χ3v) is 3.93. The molecule has 1 atom stereocenters. The van der Waals surface area contributed by atoms with Crippen LogP contribution < -0.4 is 0 Å². The van der Waals surface area contributed by atoms with Gasteiger partial charge in [-0.2, -0.15) is 5.10 Å². The van der Waals surface area contributed by atoms with Crippen LogP contribution in [0.3, 0.4) is 0 Å². The third kappa shape index (κ3) is 3.33. The van der Waals surface area contributed by atoms with Crippen molar-refractivity contribution in [2.75, 3.05) is 13.1 Å². The lowest BCUT2D eigenvalue weighted by molar-refractivity contribution is -0.137. The molecular formula is C16H22N4O3. The summed E-state index contributed by atoms with van der Waals surface area (Å²) in [4.78, 5) is 29.5. The molecule has 1 N–H and O–H groups in total. The molecule has 2 rings (SSSR count). The zero-order chi connectivity index (χ0) is 17.1. The largest absolute Gasteiger partial charge is 0.480 e. The van der Waals surface area contributed by atoms with Gasteiger partial charge in [-0.15, -0.1) is 0 Å². The van der Waals surface area contributed by atoms with Crippen LogP contribution >= 0.6 is 0 Å². The number of carbonyl (C=O) groups excluding carboxylic acids is 1. The van der Waals surface area contributed by atoms with Crippen molar-refractivity contribution in [1.82, 2.24) is 19.7 Å². The molecule has 23 heavy (non-hydrogen) atoms. The van der Waals surface area contributed by atoms with Gasteiger partial charge in [0.2, 0.25) is 0 Å². The van der Waals surface area contributed by atoms with E-state index in [0.29, 0.717) is 28.8 Å². The van der Waals surface area contributed by atoms with Crippen LogP contribution in [-0.4, -0.2) is 49.7 Å². The molecule has 7 heteroatoms. The lowest BCUT2D eigenvalue weighted by Gasteiger charge is -2.19. The van der Waals surface area contributed by atoms with Gasteiger partial charge in [0.15, 0.2) is 5.65 Å². The lowest BCUT2D eigenvalue weighted by atomic mass is 10.1. The maximum absolute atomic E-state index is 12.7. The first-order valence-corrected chi connectivity index (χ1v) is 7.74. The quantitative estimate of drug-likeness (QED) is 0.882. The summed E-state index contributed by atoms with van der Waals surface area (Å²) < 4.78 is 1.81. The van der Waals surface area contributed by atoms with Crippen LogP contribution in [0.2, 0.25) is 0 Å². The number of aliphatic carboxylic acids is 1. The zero-order valence-corrected chi connectivity index (χ0v) is 13.9. The normalized spacial score (nSPS) is 12.3. The van der Waals surface area contributed by atoms with Crippen LogP contribution in [0.4, 0.5) is 0 Å². The maximum Gasteiger partial charge on any atom is 0.323 e. The van der Waals surface area contributed by atoms with E-state index in [1.54, 1.807) is 19.2 Å². The minimum atomic E-state index is -1.03. The molecule has 0 aromatic carbocycles. The second-order valence-corrected chi connectivity index (χ2v) is 5.61. The summed E-state index contributed by atoms with van der Waals surface area (Å²) in [5, 5.41) is 14.0. The van der Waals surface area contributed by atoms with Crippen molar-refractivity contribution in [2.24, 2.45) is 0 Å². The molecule has 0 aliphatic heterocycles. The summed E-state index contributed by atoms with van der Waals surface area (Å²) in [6.45, 7) is 7.68. The number of likely N-dealkylation sites (N-methyl/N-ethyl adjacent to an activating group) is 1. The van der Waals surface area contributed by atoms with Gasteiger partial charge >= 0.3 is 5.97 Å². The predicted octanol–water partition coefficient (Wildman–Crippen LogP) is 2.26. The highest BCUT2D eigenvalue weighted by molar-refractivity contribution is 6.06. The molecule has 0 aliphatic carbocycles. The van der Waals surface area contributed by atoms with Gasteiger partial charge in [0.05, 0.1) is 23.2 Å². The number of fused-ring (bicyclic) bond motifs is 1. The second-order valence-electron chi connectivity index (χ2n) is 5.61. The molecule has 0 saturated heterocycles. The molecule has 1 unspecified atom stereocenters. The highest BCUT2D eigenvalue weighted by Crippen LogP contribution is 2.23. The Kier molecular flexibility index (Phi) is 4.98. The Morgan fingerprint density at radius 1 is 1.39 bits per heavy atom. The van der Waals surface area contributed by atoms with E-state index in [0.717, 1.165) is 6.42 Å². The average molecular weight is 318 g/mol. The van der Waals surface area contributed by atoms with Gasteiger partial charge in [-0.3, -0.25) is 9.59 Å². The van der Waals surface area contributed by atoms with Crippen molar-refractivity contribution in [3.05, 3.63) is 23.5 Å². The smallest absolute Gasteiger partial charge is 0.323 e. The Hall–Kier alpha value is -2.44. The number of carbonyl (C=O) groups is 2. The van der Waals surface area contributed by atoms with Crippen molar-refractivity contribution in [1.29, 1.82) is 0 Å². The third-order valence-electron chi connectivity index (χ3n) is 3.93. The van der Waals surface area contributed by atoms with E-state index in [1.807, 2.05) is 18.5 Å². The van der Waals surface area contributed by atoms with Gasteiger partial charge in [-0.25, -0.2) is 9.67 Å². The summed E-state index contributed by atoms with van der Waals surface area (Å²) in [6, 6.07) is 1.86. The molecule has 124 valence electrons. The number of carboxylic acids is 1. The van der Waals surface area contributed by atoms with Crippen molar-refractivity contribution >= 4 is 22.9 Å². The number of hydrogen-bond donors (Lipinski definition) is 1. The molecule has 0 fully saturated rings. The van der Waals surface area contributed by atoms with Crippen LogP contribution in [0.1, 0.15) is 49.3 Å². The fourth-order valence-electron chi connectivity index (χ4n) is 2.48. The van der Waals surface area contributed by atoms with E-state index in [9.17, 15) is 9.59 Å². The SMILES string of the molecule is CCC(C)n1ncc2c(C(=O)N(CC)CC(=O)O)cc(C)nc21. The number of nitrogens with zero attached hydrogens (tertiary/aromatic N) is 4. The van der Waals surface area contributed by atoms with E-state index >= 15 is 0 Å². The predicted molar refractivity (Wildman–Crippen MR) is 86.5 cm³/mol. The molecule has 0 bridgehead atoms. The molecule has 0 saturated carbocycles. The van der Waals surface area contributed by atoms with Gasteiger partial charge in [0, 0.05) is 12.2 Å². The molecule has 0 aliphatic rings. The number of aryl methyl sites for hydroxylation is 1. The van der Waals surface area contributed by atoms with Crippen LogP contribution in [0, 0.1) is 6.92 Å². The van der Waals surface area contributed by atoms with Crippen LogP contribution in [0.5, 0.6) is 0 Å². The Balaban J connectivity index is 2.54. The van der Waals surface area contributed by atoms with Crippen molar-refractivity contribution in [3.8, 4) is 0 Å². The number of carboxylic acid groups (broad SMARTS) is 1. The average Bonchev–Trinajstić information content (AvgIpc) is 2.93. The molecule has 0 spiro atoms. The zero-order valence-electron chi connectivity index (χ0n) is 13.9. The topological polar surface area (TPSA) is 88.3 Å². The lowest BCUT2D eigenvalue weighted by Crippen LogP contribution is -2.35. The van der Waals surface area contributed by atoms with Gasteiger partial charge < -0.3 is 10.0 Å². The Morgan fingerprint density at radius 3 is 2.65 bits per heavy atom. The Morgan fingerprint density at radius 2 is 2.09 bits per heavy atom. The summed E-state index contributed by atoms with van der Waals surface area (Å²) >= 11 is 0. The molecular weight excluding hydrogens is 296 g/mol. The molecule has 1 amide bonds. The van der Waals surface area contributed by atoms with Gasteiger partial charge in [-0.1, -0.05) is 6.92 Å². The number of amides is 1. The fraction of sp³-hybridized carbons (Fsp3) is 0.500. The fourth-order valence-corrected chi connectivity index (χ4v) is 2.48. The van der Waals surface area contributed by atoms with E-state index < -0.39 is 5.97 Å². The van der Waals surface area contributed by atoms with Crippen molar-refractivity contribution in [3.63, 3.8) is 0 Å². The number of pyridine rings is 1. The number of aromatic nitrogens is 3. The van der Waals surface area contributed by atoms with Crippen LogP contribution in [-0.2, 0) is 4.79 Å². The minimum absolute atomic E-state index is 0.172. The molecule has 0 radical (unpaired) electrons. The Bertz CT molecular complexity index is 738. The van der Waals surface area contributed by atoms with Crippen molar-refractivity contribution in [2.45, 2.75) is 40.2 Å². The van der Waals surface area contributed by atoms with E-state index in [1.165, 1.54) is 4.90 Å². The first kappa shape index (κ1) is 16.9. The summed E-state index contributed by atoms with van der Waals surface area (Å²) in [5.74, 6) is -1.34. The van der Waals surface area contributed by atoms with Gasteiger partial charge in [0.1, 0.15) is 6.54 Å². The highest BCUT2D eigenvalue weighted by Gasteiger charge is 2.22. The second kappa shape index (κ2) is 6.76. The highest BCUT2D eigenvalue weighted by atomic mass is 16.4.